The molecule has 0 spiro atoms. The summed E-state index contributed by atoms with van der Waals surface area (Å²) >= 11 is 0. The van der Waals surface area contributed by atoms with Crippen molar-refractivity contribution in [3.05, 3.63) is 12.2 Å². The number of rotatable bonds is 4. The fraction of sp³-hybridized carbons (Fsp3) is 0.667. The molecule has 0 amide bonds. The van der Waals surface area contributed by atoms with E-state index >= 15 is 0 Å². The van der Waals surface area contributed by atoms with Crippen molar-refractivity contribution in [1.29, 1.82) is 0 Å². The molecule has 1 saturated heterocycles. The van der Waals surface area contributed by atoms with Crippen molar-refractivity contribution in [2.45, 2.75) is 26.9 Å². The molecule has 0 unspecified atom stereocenters. The van der Waals surface area contributed by atoms with Crippen molar-refractivity contribution in [3.63, 3.8) is 0 Å². The van der Waals surface area contributed by atoms with E-state index in [1.54, 1.807) is 20.8 Å². The molecule has 5 nitrogen and oxygen atoms in total. The fourth-order valence-electron chi connectivity index (χ4n) is 1.95. The molecule has 0 saturated carbocycles. The van der Waals surface area contributed by atoms with Gasteiger partial charge in [0.2, 0.25) is 5.41 Å². The van der Waals surface area contributed by atoms with Gasteiger partial charge in [0.1, 0.15) is 0 Å². The zero-order valence-corrected chi connectivity index (χ0v) is 10.4. The molecule has 5 heteroatoms. The lowest BCUT2D eigenvalue weighted by molar-refractivity contribution is -0.172. The molecule has 0 aromatic rings. The number of hydrogen-bond donors (Lipinski definition) is 0. The van der Waals surface area contributed by atoms with Crippen LogP contribution in [0.1, 0.15) is 20.8 Å². The van der Waals surface area contributed by atoms with E-state index in [9.17, 15) is 9.59 Å². The third kappa shape index (κ3) is 2.07. The maximum absolute atomic E-state index is 12.0. The zero-order chi connectivity index (χ0) is 13.1. The summed E-state index contributed by atoms with van der Waals surface area (Å²) in [5.41, 5.74) is -1.12. The quantitative estimate of drug-likeness (QED) is 0.419. The van der Waals surface area contributed by atoms with E-state index in [4.69, 9.17) is 14.2 Å². The van der Waals surface area contributed by atoms with E-state index in [1.165, 1.54) is 0 Å². The number of ether oxygens (including phenoxy) is 3. The maximum Gasteiger partial charge on any atom is 0.330 e. The van der Waals surface area contributed by atoms with Crippen LogP contribution in [0.5, 0.6) is 0 Å². The Kier molecular flexibility index (Phi) is 4.28. The number of carbonyl (C=O) groups excluding carboxylic acids is 2. The lowest BCUT2D eigenvalue weighted by Crippen LogP contribution is -2.48. The Bertz CT molecular complexity index is 316. The third-order valence-electron chi connectivity index (χ3n) is 2.87. The van der Waals surface area contributed by atoms with Gasteiger partial charge >= 0.3 is 11.9 Å². The standard InChI is InChI=1S/C12H18O5/c1-5-15-10(13)12(11(14)16-6-2)8(3)7-17-9(12)4/h9H,3,5-7H2,1-2,4H3/t9-/m1/s1. The molecule has 1 aliphatic heterocycles. The van der Waals surface area contributed by atoms with E-state index < -0.39 is 23.5 Å². The minimum Gasteiger partial charge on any atom is -0.465 e. The molecule has 0 radical (unpaired) electrons. The Morgan fingerprint density at radius 3 is 2.12 bits per heavy atom. The Labute approximate surface area is 101 Å². The molecule has 1 aliphatic rings. The van der Waals surface area contributed by atoms with Gasteiger partial charge in [-0.25, -0.2) is 0 Å². The smallest absolute Gasteiger partial charge is 0.330 e. The molecule has 0 aliphatic carbocycles. The van der Waals surface area contributed by atoms with Crippen LogP contribution in [0.2, 0.25) is 0 Å². The number of carbonyl (C=O) groups is 2. The molecular weight excluding hydrogens is 224 g/mol. The van der Waals surface area contributed by atoms with Crippen molar-refractivity contribution in [2.75, 3.05) is 19.8 Å². The summed E-state index contributed by atoms with van der Waals surface area (Å²) in [6.07, 6.45) is -0.618. The summed E-state index contributed by atoms with van der Waals surface area (Å²) in [7, 11) is 0. The van der Waals surface area contributed by atoms with Gasteiger partial charge in [-0.1, -0.05) is 6.58 Å². The highest BCUT2D eigenvalue weighted by atomic mass is 16.6. The van der Waals surface area contributed by atoms with Crippen molar-refractivity contribution >= 4 is 11.9 Å². The predicted octanol–water partition coefficient (Wildman–Crippen LogP) is 1.07. The average Bonchev–Trinajstić information content (AvgIpc) is 2.56. The van der Waals surface area contributed by atoms with Crippen LogP contribution in [0, 0.1) is 5.41 Å². The van der Waals surface area contributed by atoms with Crippen molar-refractivity contribution in [2.24, 2.45) is 5.41 Å². The van der Waals surface area contributed by atoms with Crippen molar-refractivity contribution < 1.29 is 23.8 Å². The first-order valence-corrected chi connectivity index (χ1v) is 5.66. The summed E-state index contributed by atoms with van der Waals surface area (Å²) < 4.78 is 15.2. The van der Waals surface area contributed by atoms with E-state index in [1.807, 2.05) is 0 Å². The van der Waals surface area contributed by atoms with Gasteiger partial charge in [0.25, 0.3) is 0 Å². The molecule has 0 aromatic carbocycles. The van der Waals surface area contributed by atoms with Crippen molar-refractivity contribution in [1.82, 2.24) is 0 Å². The number of hydrogen-bond acceptors (Lipinski definition) is 5. The normalized spacial score (nSPS) is 22.3. The van der Waals surface area contributed by atoms with Gasteiger partial charge in [0.15, 0.2) is 0 Å². The van der Waals surface area contributed by atoms with E-state index in [0.29, 0.717) is 5.57 Å². The van der Waals surface area contributed by atoms with Gasteiger partial charge < -0.3 is 14.2 Å². The van der Waals surface area contributed by atoms with Crippen LogP contribution < -0.4 is 0 Å². The monoisotopic (exact) mass is 242 g/mol. The first-order chi connectivity index (χ1) is 8.01. The summed E-state index contributed by atoms with van der Waals surface area (Å²) in [5.74, 6) is -1.29. The Morgan fingerprint density at radius 1 is 1.35 bits per heavy atom. The fourth-order valence-corrected chi connectivity index (χ4v) is 1.95. The summed E-state index contributed by atoms with van der Waals surface area (Å²) in [5, 5.41) is 0. The van der Waals surface area contributed by atoms with Crippen LogP contribution in [0.15, 0.2) is 12.2 Å². The lowest BCUT2D eigenvalue weighted by Gasteiger charge is -2.27. The van der Waals surface area contributed by atoms with E-state index in [0.717, 1.165) is 0 Å². The molecule has 0 aromatic heterocycles. The molecule has 1 fully saturated rings. The van der Waals surface area contributed by atoms with Gasteiger partial charge in [0, 0.05) is 0 Å². The van der Waals surface area contributed by atoms with Crippen molar-refractivity contribution in [3.8, 4) is 0 Å². The highest BCUT2D eigenvalue weighted by Crippen LogP contribution is 2.41. The Hall–Kier alpha value is -1.36. The van der Waals surface area contributed by atoms with Crippen LogP contribution in [-0.4, -0.2) is 37.9 Å². The first-order valence-electron chi connectivity index (χ1n) is 5.66. The Balaban J connectivity index is 3.12. The van der Waals surface area contributed by atoms with Gasteiger partial charge in [-0.2, -0.15) is 0 Å². The maximum atomic E-state index is 12.0. The van der Waals surface area contributed by atoms with Crippen LogP contribution in [0.4, 0.5) is 0 Å². The largest absolute Gasteiger partial charge is 0.465 e. The SMILES string of the molecule is C=C1CO[C@H](C)C1(C(=O)OCC)C(=O)OCC. The molecule has 0 bridgehead atoms. The summed E-state index contributed by atoms with van der Waals surface area (Å²) in [6.45, 7) is 9.30. The Morgan fingerprint density at radius 2 is 1.82 bits per heavy atom. The molecule has 0 N–H and O–H groups in total. The summed E-state index contributed by atoms with van der Waals surface area (Å²) in [6, 6.07) is 0. The molecule has 17 heavy (non-hydrogen) atoms. The minimum absolute atomic E-state index is 0.165. The van der Waals surface area contributed by atoms with Crippen LogP contribution >= 0.6 is 0 Å². The lowest BCUT2D eigenvalue weighted by atomic mass is 9.78. The third-order valence-corrected chi connectivity index (χ3v) is 2.87. The molecule has 1 heterocycles. The van der Waals surface area contributed by atoms with Gasteiger partial charge in [0.05, 0.1) is 25.9 Å². The van der Waals surface area contributed by atoms with Crippen LogP contribution in [0.25, 0.3) is 0 Å². The van der Waals surface area contributed by atoms with Crippen LogP contribution in [-0.2, 0) is 23.8 Å². The van der Waals surface area contributed by atoms with Gasteiger partial charge in [-0.3, -0.25) is 9.59 Å². The average molecular weight is 242 g/mol. The first kappa shape index (κ1) is 13.7. The highest BCUT2D eigenvalue weighted by molar-refractivity contribution is 6.04. The zero-order valence-electron chi connectivity index (χ0n) is 10.4. The summed E-state index contributed by atoms with van der Waals surface area (Å²) in [4.78, 5) is 24.1. The molecule has 96 valence electrons. The second kappa shape index (κ2) is 5.31. The molecular formula is C12H18O5. The topological polar surface area (TPSA) is 61.8 Å². The van der Waals surface area contributed by atoms with Gasteiger partial charge in [-0.15, -0.1) is 0 Å². The van der Waals surface area contributed by atoms with E-state index in [2.05, 4.69) is 6.58 Å². The predicted molar refractivity (Wildman–Crippen MR) is 60.3 cm³/mol. The molecule has 1 rings (SSSR count). The highest BCUT2D eigenvalue weighted by Gasteiger charge is 2.59. The second-order valence-corrected chi connectivity index (χ2v) is 3.81. The molecule has 1 atom stereocenters. The van der Waals surface area contributed by atoms with E-state index in [-0.39, 0.29) is 19.8 Å². The van der Waals surface area contributed by atoms with Gasteiger partial charge in [-0.05, 0) is 26.3 Å². The second-order valence-electron chi connectivity index (χ2n) is 3.81. The minimum atomic E-state index is -1.51. The number of esters is 2. The van der Waals surface area contributed by atoms with Crippen LogP contribution in [0.3, 0.4) is 0 Å².